The number of nitrogens with zero attached hydrogens (tertiary/aromatic N) is 1. The summed E-state index contributed by atoms with van der Waals surface area (Å²) in [5.41, 5.74) is -9.85. The Bertz CT molecular complexity index is 4700. The van der Waals surface area contributed by atoms with Crippen LogP contribution in [0, 0.1) is 0 Å². The molecule has 10 aromatic rings. The zero-order valence-electron chi connectivity index (χ0n) is 58.9. The van der Waals surface area contributed by atoms with E-state index in [-0.39, 0.29) is 0 Å². The van der Waals surface area contributed by atoms with E-state index >= 15 is 0 Å². The van der Waals surface area contributed by atoms with Crippen LogP contribution in [0.3, 0.4) is 0 Å². The molecule has 0 saturated heterocycles. The summed E-state index contributed by atoms with van der Waals surface area (Å²) in [4.78, 5) is 0.302. The van der Waals surface area contributed by atoms with Crippen LogP contribution in [-0.2, 0) is 0 Å². The maximum absolute atomic E-state index is 9.70. The molecule has 10 rings (SSSR count). The number of hydrogen-bond donors (Lipinski definition) is 0. The molecule has 0 amide bonds. The first kappa shape index (κ1) is 11.6. The van der Waals surface area contributed by atoms with Gasteiger partial charge in [0.15, 0.2) is 0 Å². The minimum Gasteiger partial charge on any atom is -0.455 e. The summed E-state index contributed by atoms with van der Waals surface area (Å²) in [6.07, 6.45) is 0. The monoisotopic (exact) mass is 696 g/mol. The minimum absolute atomic E-state index is 0.302. The molecule has 52 heavy (non-hydrogen) atoms. The average molecular weight is 697 g/mol. The average Bonchev–Trinajstić information content (AvgIpc) is 1.70. The quantitative estimate of drug-likeness (QED) is 0.172. The highest BCUT2D eigenvalue weighted by Gasteiger charge is 2.17. The second-order valence-corrected chi connectivity index (χ2v) is 10.8. The van der Waals surface area contributed by atoms with Crippen LogP contribution in [0.4, 0.5) is 17.1 Å². The van der Waals surface area contributed by atoms with E-state index < -0.39 is 293 Å². The molecule has 0 aliphatic rings. The van der Waals surface area contributed by atoms with Crippen LogP contribution < -0.4 is 4.90 Å². The molecule has 244 valence electrons. The maximum Gasteiger partial charge on any atom is 0.143 e. The number of anilines is 3. The molecule has 0 bridgehead atoms. The van der Waals surface area contributed by atoms with Gasteiger partial charge in [-0.3, -0.25) is 0 Å². The highest BCUT2D eigenvalue weighted by molar-refractivity contribution is 6.19. The molecule has 0 fully saturated rings. The van der Waals surface area contributed by atoms with Crippen LogP contribution in [0.2, 0.25) is 0 Å². The largest absolute Gasteiger partial charge is 0.455 e. The lowest BCUT2D eigenvalue weighted by Gasteiger charge is -2.26. The van der Waals surface area contributed by atoms with Gasteiger partial charge >= 0.3 is 0 Å². The van der Waals surface area contributed by atoms with Crippen LogP contribution in [0.5, 0.6) is 0 Å². The minimum atomic E-state index is -1.30. The molecule has 2 nitrogen and oxygen atoms in total. The summed E-state index contributed by atoms with van der Waals surface area (Å²) in [5.74, 6) is 0. The van der Waals surface area contributed by atoms with Crippen LogP contribution in [0.15, 0.2) is 204 Å². The highest BCUT2D eigenvalue weighted by Crippen LogP contribution is 2.42. The van der Waals surface area contributed by atoms with E-state index in [1.165, 1.54) is 0 Å². The topological polar surface area (TPSA) is 16.4 Å². The molecule has 0 atom stereocenters. The van der Waals surface area contributed by atoms with E-state index in [1.54, 1.807) is 0 Å². The lowest BCUT2D eigenvalue weighted by molar-refractivity contribution is 0.673. The van der Waals surface area contributed by atoms with Crippen molar-refractivity contribution < 1.29 is 49.7 Å². The summed E-state index contributed by atoms with van der Waals surface area (Å²) in [5, 5.41) is -3.64. The first-order valence-electron chi connectivity index (χ1n) is 31.6. The Labute approximate surface area is 348 Å². The van der Waals surface area contributed by atoms with E-state index in [1.807, 2.05) is 0 Å². The third-order valence-corrected chi connectivity index (χ3v) is 7.76. The van der Waals surface area contributed by atoms with Gasteiger partial charge in [-0.2, -0.15) is 0 Å². The van der Waals surface area contributed by atoms with Crippen molar-refractivity contribution in [2.45, 2.75) is 0 Å². The molecule has 0 aliphatic heterocycles. The molecule has 0 unspecified atom stereocenters. The zero-order chi connectivity index (χ0) is 63.2. The van der Waals surface area contributed by atoms with Gasteiger partial charge in [0.2, 0.25) is 0 Å². The number of rotatable bonds is 6. The predicted molar refractivity (Wildman–Crippen MR) is 220 cm³/mol. The molecule has 1 aromatic heterocycles. The van der Waals surface area contributed by atoms with Gasteiger partial charge in [0.25, 0.3) is 0 Å². The first-order chi connectivity index (χ1) is 39.5. The fourth-order valence-electron chi connectivity index (χ4n) is 5.44. The number of fused-ring (bicyclic) bond motifs is 6. The first-order valence-corrected chi connectivity index (χ1v) is 15.1. The van der Waals surface area contributed by atoms with Gasteiger partial charge in [-0.25, -0.2) is 0 Å². The van der Waals surface area contributed by atoms with Gasteiger partial charge in [-0.15, -0.1) is 0 Å². The van der Waals surface area contributed by atoms with Crippen molar-refractivity contribution >= 4 is 60.5 Å². The van der Waals surface area contributed by atoms with Crippen molar-refractivity contribution in [2.24, 2.45) is 0 Å². The van der Waals surface area contributed by atoms with Crippen molar-refractivity contribution in [1.29, 1.82) is 0 Å². The smallest absolute Gasteiger partial charge is 0.143 e. The molecule has 0 radical (unpaired) electrons. The SMILES string of the molecule is [2H]c1c([2H])c([2H])c(-c2c([2H])c3c(oc4c([2H])c([2H])c(-c5c([2H])c([2H])c(N(c6c([2H])c([2H])c([2H])c([2H])c6[2H])c6c([2H])c([2H])c(-c7c([2H])c([2H])c8c([2H])c([2H])c([2H])c([2H])c8c7[2H])c([2H])c6[2H])c([2H])c5[2H])c([2H])c43)c3c([2H])c([2H])c([2H])c([2H])c23)c([2H])c1[2H]. The predicted octanol–water partition coefficient (Wildman–Crippen LogP) is 14.4. The highest BCUT2D eigenvalue weighted by atomic mass is 16.3. The molecule has 0 spiro atoms. The van der Waals surface area contributed by atoms with Crippen LogP contribution in [0.1, 0.15) is 45.2 Å². The van der Waals surface area contributed by atoms with Gasteiger partial charge in [0, 0.05) is 33.2 Å². The number of para-hydroxylation sites is 1. The Morgan fingerprint density at radius 3 is 1.60 bits per heavy atom. The van der Waals surface area contributed by atoms with Crippen LogP contribution >= 0.6 is 0 Å². The molecular formula is C50H33NO. The molecule has 9 aromatic carbocycles. The molecular weight excluding hydrogens is 631 g/mol. The van der Waals surface area contributed by atoms with E-state index in [9.17, 15) is 16.4 Å². The fourth-order valence-corrected chi connectivity index (χ4v) is 5.44. The standard InChI is InChI=1S/C50H33NO/c1-3-12-37(13-4-1)46-33-48-47-32-40(25-30-49(47)52-50(48)45-18-10-9-17-44(45)46)36-23-28-43(29-24-36)51(41-15-5-2-6-16-41)42-26-21-35(22-27-42)39-20-19-34-11-7-8-14-38(34)31-39/h1-33H/i1D,2D,3D,4D,5D,6D,7D,8D,9D,10D,11D,12D,13D,14D,15D,16D,17D,18D,19D,20D,21D,22D,23D,24D,25D,26D,27D,28D,29D,30D,31D,32D,33D. The van der Waals surface area contributed by atoms with Gasteiger partial charge < -0.3 is 9.32 Å². The van der Waals surface area contributed by atoms with Gasteiger partial charge in [0.05, 0.1) is 45.2 Å². The fraction of sp³-hybridized carbons (Fsp3) is 0. The summed E-state index contributed by atoms with van der Waals surface area (Å²) < 4.78 is 301. The molecule has 0 saturated carbocycles. The molecule has 0 aliphatic carbocycles. The number of benzene rings is 9. The van der Waals surface area contributed by atoms with E-state index in [0.717, 1.165) is 0 Å². The molecule has 0 N–H and O–H groups in total. The Hall–Kier alpha value is -6.90. The van der Waals surface area contributed by atoms with Gasteiger partial charge in [-0.1, -0.05) is 139 Å². The number of hydrogen-bond acceptors (Lipinski definition) is 2. The molecule has 1 heterocycles. The van der Waals surface area contributed by atoms with Crippen molar-refractivity contribution in [3.05, 3.63) is 199 Å². The Morgan fingerprint density at radius 2 is 0.885 bits per heavy atom. The summed E-state index contributed by atoms with van der Waals surface area (Å²) in [6.45, 7) is 0. The lowest BCUT2D eigenvalue weighted by atomic mass is 9.95. The van der Waals surface area contributed by atoms with E-state index in [2.05, 4.69) is 0 Å². The lowest BCUT2D eigenvalue weighted by Crippen LogP contribution is -2.09. The molecule has 2 heteroatoms. The third-order valence-electron chi connectivity index (χ3n) is 7.76. The summed E-state index contributed by atoms with van der Waals surface area (Å²) in [6, 6.07) is -33.8. The Kier molecular flexibility index (Phi) is 2.77. The second kappa shape index (κ2) is 12.5. The Balaban J connectivity index is 1.32. The summed E-state index contributed by atoms with van der Waals surface area (Å²) >= 11 is 0. The van der Waals surface area contributed by atoms with E-state index in [4.69, 9.17) is 33.2 Å². The van der Waals surface area contributed by atoms with E-state index in [0.29, 0.717) is 4.90 Å². The van der Waals surface area contributed by atoms with Crippen molar-refractivity contribution in [3.63, 3.8) is 0 Å². The Morgan fingerprint density at radius 1 is 0.346 bits per heavy atom. The van der Waals surface area contributed by atoms with Crippen molar-refractivity contribution in [2.75, 3.05) is 4.90 Å². The maximum atomic E-state index is 9.70. The van der Waals surface area contributed by atoms with Crippen molar-refractivity contribution in [1.82, 2.24) is 0 Å². The van der Waals surface area contributed by atoms with Gasteiger partial charge in [0.1, 0.15) is 11.2 Å². The van der Waals surface area contributed by atoms with Gasteiger partial charge in [-0.05, 0) is 110 Å². The third kappa shape index (κ3) is 5.21. The summed E-state index contributed by atoms with van der Waals surface area (Å²) in [7, 11) is 0. The van der Waals surface area contributed by atoms with Crippen LogP contribution in [0.25, 0.3) is 76.9 Å². The normalized spacial score (nSPS) is 20.3. The van der Waals surface area contributed by atoms with Crippen LogP contribution in [-0.4, -0.2) is 0 Å². The second-order valence-electron chi connectivity index (χ2n) is 10.8. The number of furan rings is 1. The zero-order valence-corrected chi connectivity index (χ0v) is 25.9. The van der Waals surface area contributed by atoms with Crippen molar-refractivity contribution in [3.8, 4) is 33.4 Å².